The first kappa shape index (κ1) is 20.5. The Balaban J connectivity index is 1.30. The van der Waals surface area contributed by atoms with E-state index in [-0.39, 0.29) is 42.4 Å². The van der Waals surface area contributed by atoms with E-state index in [1.807, 2.05) is 0 Å². The minimum Gasteiger partial charge on any atom is -0.384 e. The van der Waals surface area contributed by atoms with Gasteiger partial charge in [0.15, 0.2) is 12.1 Å². The van der Waals surface area contributed by atoms with Crippen LogP contribution in [0.15, 0.2) is 6.33 Å². The Labute approximate surface area is 175 Å². The molecule has 8 atom stereocenters. The summed E-state index contributed by atoms with van der Waals surface area (Å²) in [4.78, 5) is 14.4. The topological polar surface area (TPSA) is 80.9 Å². The zero-order valence-corrected chi connectivity index (χ0v) is 17.6. The predicted molar refractivity (Wildman–Crippen MR) is 104 cm³/mol. The molecule has 4 aliphatic carbocycles. The van der Waals surface area contributed by atoms with E-state index in [1.165, 1.54) is 11.1 Å². The number of tetrazole rings is 1. The molecule has 1 aromatic rings. The minimum atomic E-state index is -2.65. The molecular weight excluding hydrogens is 390 g/mol. The maximum absolute atomic E-state index is 13.4. The smallest absolute Gasteiger partial charge is 0.266 e. The van der Waals surface area contributed by atoms with Crippen LogP contribution >= 0.6 is 0 Å². The molecule has 0 radical (unpaired) electrons. The Bertz CT molecular complexity index is 790. The van der Waals surface area contributed by atoms with Crippen molar-refractivity contribution in [2.75, 3.05) is 0 Å². The molecule has 4 fully saturated rings. The summed E-state index contributed by atoms with van der Waals surface area (Å²) < 4.78 is 26.8. The number of halogens is 2. The number of carbonyl (C=O) groups excluding carboxylic acids is 1. The average molecular weight is 423 g/mol. The molecule has 4 aliphatic rings. The molecule has 0 saturated heterocycles. The average Bonchev–Trinajstić information content (AvgIpc) is 3.34. The van der Waals surface area contributed by atoms with Gasteiger partial charge in [-0.15, -0.1) is 10.2 Å². The van der Waals surface area contributed by atoms with Gasteiger partial charge in [-0.1, -0.05) is 6.92 Å². The van der Waals surface area contributed by atoms with Crippen LogP contribution in [0.25, 0.3) is 0 Å². The lowest BCUT2D eigenvalue weighted by Gasteiger charge is -2.57. The summed E-state index contributed by atoms with van der Waals surface area (Å²) >= 11 is 0. The molecule has 4 saturated carbocycles. The van der Waals surface area contributed by atoms with E-state index >= 15 is 0 Å². The standard InChI is InChI=1S/C22H32F2N4O2/c1-21-8-6-15-14-7-9-22(30,20(23)24)10-13(14)2-3-16(15)17(21)4-5-18(21)19(29)11-28-26-12-25-27-28/h12-18,20,30H,2-11H2,1H3/t13-,14-,15?,16?,17?,18+,21-,22+/m0/s1. The third-order valence-corrected chi connectivity index (χ3v) is 9.53. The molecule has 1 N–H and O–H groups in total. The summed E-state index contributed by atoms with van der Waals surface area (Å²) in [5, 5.41) is 21.9. The van der Waals surface area contributed by atoms with Crippen molar-refractivity contribution >= 4 is 5.78 Å². The number of rotatable bonds is 4. The lowest BCUT2D eigenvalue weighted by Crippen LogP contribution is -2.53. The van der Waals surface area contributed by atoms with Gasteiger partial charge in [0.05, 0.1) is 0 Å². The molecule has 6 nitrogen and oxygen atoms in total. The molecule has 0 aliphatic heterocycles. The third kappa shape index (κ3) is 3.12. The van der Waals surface area contributed by atoms with Gasteiger partial charge in [0, 0.05) is 5.92 Å². The molecule has 30 heavy (non-hydrogen) atoms. The Morgan fingerprint density at radius 2 is 1.93 bits per heavy atom. The molecule has 5 rings (SSSR count). The second-order valence-electron chi connectivity index (χ2n) is 10.7. The summed E-state index contributed by atoms with van der Waals surface area (Å²) in [6.45, 7) is 2.50. The largest absolute Gasteiger partial charge is 0.384 e. The van der Waals surface area contributed by atoms with Crippen LogP contribution < -0.4 is 0 Å². The van der Waals surface area contributed by atoms with Gasteiger partial charge in [0.2, 0.25) is 0 Å². The Hall–Kier alpha value is -1.44. The zero-order valence-electron chi connectivity index (χ0n) is 17.6. The van der Waals surface area contributed by atoms with Crippen molar-refractivity contribution in [2.45, 2.75) is 83.3 Å². The number of aromatic nitrogens is 4. The molecule has 3 unspecified atom stereocenters. The minimum absolute atomic E-state index is 0.0179. The fourth-order valence-corrected chi connectivity index (χ4v) is 8.15. The highest BCUT2D eigenvalue weighted by Crippen LogP contribution is 2.64. The quantitative estimate of drug-likeness (QED) is 0.803. The molecule has 8 heteroatoms. The van der Waals surface area contributed by atoms with E-state index < -0.39 is 12.0 Å². The van der Waals surface area contributed by atoms with Gasteiger partial charge in [0.25, 0.3) is 6.43 Å². The van der Waals surface area contributed by atoms with Gasteiger partial charge in [-0.2, -0.15) is 4.80 Å². The number of hydrogen-bond donors (Lipinski definition) is 1. The summed E-state index contributed by atoms with van der Waals surface area (Å²) in [5.74, 6) is 2.62. The van der Waals surface area contributed by atoms with Gasteiger partial charge in [-0.05, 0) is 98.0 Å². The van der Waals surface area contributed by atoms with Crippen molar-refractivity contribution in [3.63, 3.8) is 0 Å². The number of aliphatic hydroxyl groups is 1. The molecule has 0 spiro atoms. The van der Waals surface area contributed by atoms with Crippen LogP contribution in [0.5, 0.6) is 0 Å². The maximum Gasteiger partial charge on any atom is 0.266 e. The van der Waals surface area contributed by atoms with Crippen LogP contribution in [0.2, 0.25) is 0 Å². The van der Waals surface area contributed by atoms with E-state index in [0.717, 1.165) is 44.9 Å². The normalized spacial score (nSPS) is 45.6. The highest BCUT2D eigenvalue weighted by molar-refractivity contribution is 5.81. The maximum atomic E-state index is 13.4. The number of hydrogen-bond acceptors (Lipinski definition) is 5. The Kier molecular flexibility index (Phi) is 4.99. The van der Waals surface area contributed by atoms with Crippen LogP contribution in [0.4, 0.5) is 8.78 Å². The van der Waals surface area contributed by atoms with Crippen molar-refractivity contribution in [1.29, 1.82) is 0 Å². The van der Waals surface area contributed by atoms with Crippen LogP contribution in [0, 0.1) is 40.9 Å². The summed E-state index contributed by atoms with van der Waals surface area (Å²) in [7, 11) is 0. The lowest BCUT2D eigenvalue weighted by molar-refractivity contribution is -0.160. The molecule has 1 aromatic heterocycles. The van der Waals surface area contributed by atoms with E-state index in [1.54, 1.807) is 0 Å². The summed E-state index contributed by atoms with van der Waals surface area (Å²) in [5.41, 5.74) is -1.76. The molecule has 0 bridgehead atoms. The van der Waals surface area contributed by atoms with E-state index in [9.17, 15) is 18.7 Å². The van der Waals surface area contributed by atoms with Crippen LogP contribution in [-0.4, -0.2) is 43.1 Å². The molecule has 1 heterocycles. The summed E-state index contributed by atoms with van der Waals surface area (Å²) in [6.07, 6.45) is 6.02. The highest BCUT2D eigenvalue weighted by Gasteiger charge is 2.59. The monoisotopic (exact) mass is 422 g/mol. The first-order valence-corrected chi connectivity index (χ1v) is 11.6. The van der Waals surface area contributed by atoms with Gasteiger partial charge < -0.3 is 5.11 Å². The van der Waals surface area contributed by atoms with Crippen molar-refractivity contribution in [3.8, 4) is 0 Å². The van der Waals surface area contributed by atoms with Gasteiger partial charge in [-0.3, -0.25) is 4.79 Å². The Morgan fingerprint density at radius 1 is 1.13 bits per heavy atom. The van der Waals surface area contributed by atoms with Crippen molar-refractivity contribution in [3.05, 3.63) is 6.33 Å². The van der Waals surface area contributed by atoms with Gasteiger partial charge >= 0.3 is 0 Å². The van der Waals surface area contributed by atoms with Crippen LogP contribution in [-0.2, 0) is 11.3 Å². The molecule has 166 valence electrons. The number of Topliss-reactive ketones (excluding diaryl/α,β-unsaturated/α-hetero) is 1. The van der Waals surface area contributed by atoms with Crippen LogP contribution in [0.1, 0.15) is 64.7 Å². The zero-order chi connectivity index (χ0) is 21.1. The van der Waals surface area contributed by atoms with E-state index in [0.29, 0.717) is 23.7 Å². The van der Waals surface area contributed by atoms with E-state index in [4.69, 9.17) is 0 Å². The number of carbonyl (C=O) groups is 1. The number of nitrogens with zero attached hydrogens (tertiary/aromatic N) is 4. The fraction of sp³-hybridized carbons (Fsp3) is 0.909. The van der Waals surface area contributed by atoms with E-state index in [2.05, 4.69) is 22.3 Å². The molecule has 0 aromatic carbocycles. The van der Waals surface area contributed by atoms with Crippen molar-refractivity contribution in [2.24, 2.45) is 40.9 Å². The highest BCUT2D eigenvalue weighted by atomic mass is 19.3. The first-order chi connectivity index (χ1) is 14.3. The second-order valence-corrected chi connectivity index (χ2v) is 10.7. The van der Waals surface area contributed by atoms with Crippen molar-refractivity contribution < 1.29 is 18.7 Å². The second kappa shape index (κ2) is 7.31. The van der Waals surface area contributed by atoms with Crippen LogP contribution in [0.3, 0.4) is 0 Å². The van der Waals surface area contributed by atoms with Crippen molar-refractivity contribution in [1.82, 2.24) is 20.2 Å². The number of ketones is 1. The SMILES string of the molecule is C[C@]12CCC3C(CC[C@H]4C[C@@](O)(C(F)F)CC[C@H]34)C1CC[C@@H]2C(=O)Cn1ncnn1. The number of fused-ring (bicyclic) bond motifs is 5. The third-order valence-electron chi connectivity index (χ3n) is 9.53. The predicted octanol–water partition coefficient (Wildman–Crippen LogP) is 3.51. The fourth-order valence-electron chi connectivity index (χ4n) is 8.15. The number of alkyl halides is 2. The summed E-state index contributed by atoms with van der Waals surface area (Å²) in [6, 6.07) is 0. The van der Waals surface area contributed by atoms with Gasteiger partial charge in [-0.25, -0.2) is 8.78 Å². The first-order valence-electron chi connectivity index (χ1n) is 11.6. The molecular formula is C22H32F2N4O2. The molecule has 0 amide bonds. The Morgan fingerprint density at radius 3 is 2.67 bits per heavy atom. The van der Waals surface area contributed by atoms with Gasteiger partial charge in [0.1, 0.15) is 12.1 Å². The lowest BCUT2D eigenvalue weighted by atomic mass is 9.49.